The first-order valence-corrected chi connectivity index (χ1v) is 10.7. The van der Waals surface area contributed by atoms with Gasteiger partial charge in [-0.3, -0.25) is 9.78 Å². The highest BCUT2D eigenvalue weighted by molar-refractivity contribution is 8.02. The van der Waals surface area contributed by atoms with Crippen molar-refractivity contribution in [1.82, 2.24) is 4.98 Å². The molecule has 2 aromatic carbocycles. The summed E-state index contributed by atoms with van der Waals surface area (Å²) >= 11 is 1.69. The third-order valence-corrected chi connectivity index (χ3v) is 7.18. The third-order valence-electron chi connectivity index (χ3n) is 5.95. The van der Waals surface area contributed by atoms with Gasteiger partial charge < -0.3 is 5.32 Å². The lowest BCUT2D eigenvalue weighted by Gasteiger charge is -2.15. The molecule has 0 bridgehead atoms. The van der Waals surface area contributed by atoms with Crippen LogP contribution in [0.4, 0.5) is 11.4 Å². The largest absolute Gasteiger partial charge is 0.355 e. The molecule has 0 unspecified atom stereocenters. The predicted octanol–water partition coefficient (Wildman–Crippen LogP) is 6.54. The molecule has 2 aliphatic rings. The molecule has 3 aromatic rings. The van der Waals surface area contributed by atoms with E-state index in [1.165, 1.54) is 16.7 Å². The fourth-order valence-electron chi connectivity index (χ4n) is 4.08. The van der Waals surface area contributed by atoms with Gasteiger partial charge in [0.1, 0.15) is 0 Å². The van der Waals surface area contributed by atoms with E-state index in [0.717, 1.165) is 45.6 Å². The van der Waals surface area contributed by atoms with Gasteiger partial charge in [-0.2, -0.15) is 0 Å². The molecule has 1 aliphatic heterocycles. The number of nitrogens with zero attached hydrogens (tertiary/aromatic N) is 1. The lowest BCUT2D eigenvalue weighted by molar-refractivity contribution is 0.0960. The molecular formula is C24H24N2OS. The van der Waals surface area contributed by atoms with Crippen molar-refractivity contribution < 1.29 is 4.79 Å². The molecule has 3 nitrogen and oxygen atoms in total. The second-order valence-electron chi connectivity index (χ2n) is 8.56. The van der Waals surface area contributed by atoms with Crippen molar-refractivity contribution in [3.63, 3.8) is 0 Å². The number of carbonyl (C=O) groups is 1. The van der Waals surface area contributed by atoms with Crippen molar-refractivity contribution in [1.29, 1.82) is 0 Å². The fraction of sp³-hybridized carbons (Fsp3) is 0.333. The molecule has 142 valence electrons. The van der Waals surface area contributed by atoms with Gasteiger partial charge in [0.15, 0.2) is 5.78 Å². The zero-order chi connectivity index (χ0) is 19.6. The van der Waals surface area contributed by atoms with Crippen molar-refractivity contribution in [2.45, 2.75) is 56.1 Å². The smallest absolute Gasteiger partial charge is 0.180 e. The molecule has 1 saturated carbocycles. The zero-order valence-corrected chi connectivity index (χ0v) is 17.5. The highest BCUT2D eigenvalue weighted by atomic mass is 32.2. The van der Waals surface area contributed by atoms with Crippen LogP contribution in [0.2, 0.25) is 0 Å². The molecule has 0 spiro atoms. The number of hydrogen-bond acceptors (Lipinski definition) is 4. The lowest BCUT2D eigenvalue weighted by atomic mass is 9.91. The Hall–Kier alpha value is -2.33. The number of rotatable bonds is 3. The van der Waals surface area contributed by atoms with Crippen LogP contribution in [0.1, 0.15) is 59.7 Å². The van der Waals surface area contributed by atoms with Crippen LogP contribution < -0.4 is 5.32 Å². The van der Waals surface area contributed by atoms with Gasteiger partial charge in [-0.15, -0.1) is 11.8 Å². The Morgan fingerprint density at radius 3 is 2.61 bits per heavy atom. The quantitative estimate of drug-likeness (QED) is 0.553. The zero-order valence-electron chi connectivity index (χ0n) is 16.7. The van der Waals surface area contributed by atoms with Crippen LogP contribution in [0, 0.1) is 13.8 Å². The van der Waals surface area contributed by atoms with E-state index in [-0.39, 0.29) is 5.78 Å². The van der Waals surface area contributed by atoms with Crippen molar-refractivity contribution in [2.75, 3.05) is 5.32 Å². The van der Waals surface area contributed by atoms with Gasteiger partial charge in [0.2, 0.25) is 0 Å². The summed E-state index contributed by atoms with van der Waals surface area (Å²) in [7, 11) is 0. The summed E-state index contributed by atoms with van der Waals surface area (Å²) in [6, 6.07) is 10.6. The van der Waals surface area contributed by atoms with Gasteiger partial charge >= 0.3 is 0 Å². The molecule has 5 rings (SSSR count). The van der Waals surface area contributed by atoms with Gasteiger partial charge in [-0.25, -0.2) is 0 Å². The van der Waals surface area contributed by atoms with Gasteiger partial charge in [0.25, 0.3) is 0 Å². The van der Waals surface area contributed by atoms with Crippen molar-refractivity contribution in [2.24, 2.45) is 0 Å². The number of aromatic nitrogens is 1. The minimum atomic E-state index is -0.398. The number of thioether (sulfide) groups is 1. The number of carbonyl (C=O) groups excluding carboxylic acids is 1. The van der Waals surface area contributed by atoms with E-state index in [1.54, 1.807) is 11.8 Å². The first-order valence-electron chi connectivity index (χ1n) is 9.89. The van der Waals surface area contributed by atoms with Crippen LogP contribution in [-0.4, -0.2) is 15.5 Å². The number of hydrogen-bond donors (Lipinski definition) is 1. The minimum absolute atomic E-state index is 0.255. The molecule has 0 atom stereocenters. The van der Waals surface area contributed by atoms with Crippen LogP contribution in [0.25, 0.3) is 10.9 Å². The van der Waals surface area contributed by atoms with Gasteiger partial charge in [0.05, 0.1) is 10.3 Å². The predicted molar refractivity (Wildman–Crippen MR) is 117 cm³/mol. The van der Waals surface area contributed by atoms with E-state index in [4.69, 9.17) is 4.98 Å². The number of pyridine rings is 1. The molecule has 2 heterocycles. The first-order chi connectivity index (χ1) is 13.3. The average Bonchev–Trinajstić information content (AvgIpc) is 3.45. The summed E-state index contributed by atoms with van der Waals surface area (Å²) in [5, 5.41) is 4.70. The third kappa shape index (κ3) is 2.74. The molecular weight excluding hydrogens is 364 g/mol. The maximum atomic E-state index is 13.1. The minimum Gasteiger partial charge on any atom is -0.355 e. The SMILES string of the molecule is Cc1ccc(Nc2ccnc3c(C4CC4)c4c(cc23)SC(C)(C)C4=O)cc1C. The second kappa shape index (κ2) is 6.08. The molecule has 0 radical (unpaired) electrons. The summed E-state index contributed by atoms with van der Waals surface area (Å²) in [4.78, 5) is 18.9. The molecule has 0 amide bonds. The van der Waals surface area contributed by atoms with E-state index < -0.39 is 4.75 Å². The van der Waals surface area contributed by atoms with Crippen LogP contribution in [0.3, 0.4) is 0 Å². The van der Waals surface area contributed by atoms with E-state index in [1.807, 2.05) is 26.1 Å². The van der Waals surface area contributed by atoms with Crippen LogP contribution >= 0.6 is 11.8 Å². The van der Waals surface area contributed by atoms with Crippen molar-refractivity contribution in [3.05, 3.63) is 58.8 Å². The fourth-order valence-corrected chi connectivity index (χ4v) is 5.30. The first kappa shape index (κ1) is 17.7. The molecule has 1 N–H and O–H groups in total. The summed E-state index contributed by atoms with van der Waals surface area (Å²) in [5.74, 6) is 0.728. The lowest BCUT2D eigenvalue weighted by Crippen LogP contribution is -2.23. The normalized spacial score (nSPS) is 17.8. The van der Waals surface area contributed by atoms with Crippen molar-refractivity contribution in [3.8, 4) is 0 Å². The number of ketones is 1. The molecule has 1 aromatic heterocycles. The second-order valence-corrected chi connectivity index (χ2v) is 10.2. The van der Waals surface area contributed by atoms with Crippen LogP contribution in [-0.2, 0) is 0 Å². The number of anilines is 2. The van der Waals surface area contributed by atoms with Gasteiger partial charge in [0, 0.05) is 33.4 Å². The molecule has 1 fully saturated rings. The molecule has 0 saturated heterocycles. The molecule has 4 heteroatoms. The maximum Gasteiger partial charge on any atom is 0.180 e. The summed E-state index contributed by atoms with van der Waals surface area (Å²) < 4.78 is -0.398. The van der Waals surface area contributed by atoms with Crippen LogP contribution in [0.5, 0.6) is 0 Å². The summed E-state index contributed by atoms with van der Waals surface area (Å²) in [6.45, 7) is 8.32. The number of nitrogens with one attached hydrogen (secondary N) is 1. The van der Waals surface area contributed by atoms with E-state index in [0.29, 0.717) is 5.92 Å². The Morgan fingerprint density at radius 2 is 1.89 bits per heavy atom. The molecule has 1 aliphatic carbocycles. The Labute approximate surface area is 169 Å². The Morgan fingerprint density at radius 1 is 1.11 bits per heavy atom. The highest BCUT2D eigenvalue weighted by Crippen LogP contribution is 2.54. The number of aryl methyl sites for hydroxylation is 2. The number of Topliss-reactive ketones (excluding diaryl/α,β-unsaturated/α-hetero) is 1. The van der Waals surface area contributed by atoms with Gasteiger partial charge in [-0.1, -0.05) is 6.07 Å². The maximum absolute atomic E-state index is 13.1. The van der Waals surface area contributed by atoms with E-state index in [9.17, 15) is 4.79 Å². The Kier molecular flexibility index (Phi) is 3.86. The van der Waals surface area contributed by atoms with E-state index in [2.05, 4.69) is 43.4 Å². The number of fused-ring (bicyclic) bond motifs is 2. The van der Waals surface area contributed by atoms with E-state index >= 15 is 0 Å². The Balaban J connectivity index is 1.70. The Bertz CT molecular complexity index is 1150. The monoisotopic (exact) mass is 388 g/mol. The van der Waals surface area contributed by atoms with Crippen molar-refractivity contribution >= 4 is 39.8 Å². The number of benzene rings is 2. The topological polar surface area (TPSA) is 42.0 Å². The van der Waals surface area contributed by atoms with Crippen LogP contribution in [0.15, 0.2) is 41.4 Å². The summed E-state index contributed by atoms with van der Waals surface area (Å²) in [5.41, 5.74) is 7.78. The molecule has 28 heavy (non-hydrogen) atoms. The van der Waals surface area contributed by atoms with Gasteiger partial charge in [-0.05, 0) is 87.4 Å². The summed E-state index contributed by atoms with van der Waals surface area (Å²) in [6.07, 6.45) is 4.17. The average molecular weight is 389 g/mol. The standard InChI is InChI=1S/C24H24N2OS/c1-13-5-8-16(11-14(13)2)26-18-9-10-25-22-17(18)12-19-21(20(22)15-6-7-15)23(27)24(3,4)28-19/h5,8-12,15H,6-7H2,1-4H3,(H,25,26). The highest BCUT2D eigenvalue weighted by Gasteiger charge is 2.43.